The van der Waals surface area contributed by atoms with Crippen molar-refractivity contribution in [2.75, 3.05) is 0 Å². The Hall–Kier alpha value is -2.23. The Labute approximate surface area is 106 Å². The molecule has 0 atom stereocenters. The van der Waals surface area contributed by atoms with E-state index in [9.17, 15) is 9.90 Å². The Morgan fingerprint density at radius 2 is 1.72 bits per heavy atom. The van der Waals surface area contributed by atoms with Gasteiger partial charge in [0.1, 0.15) is 6.54 Å². The van der Waals surface area contributed by atoms with Crippen molar-refractivity contribution in [2.45, 2.75) is 19.4 Å². The number of hydrogen-bond acceptors (Lipinski definition) is 3. The number of carbonyl (C=O) groups is 1. The SMILES string of the molecule is O=C([O-])CCC[n+]1ccc(-c2ccncc2)cc1. The molecule has 0 unspecified atom stereocenters. The van der Waals surface area contributed by atoms with Gasteiger partial charge in [0, 0.05) is 36.9 Å². The van der Waals surface area contributed by atoms with Crippen molar-refractivity contribution in [1.29, 1.82) is 0 Å². The summed E-state index contributed by atoms with van der Waals surface area (Å²) >= 11 is 0. The van der Waals surface area contributed by atoms with Crippen LogP contribution in [0.2, 0.25) is 0 Å². The van der Waals surface area contributed by atoms with Gasteiger partial charge in [-0.15, -0.1) is 0 Å². The van der Waals surface area contributed by atoms with Gasteiger partial charge in [0.25, 0.3) is 0 Å². The van der Waals surface area contributed by atoms with Crippen molar-refractivity contribution in [3.8, 4) is 11.1 Å². The quantitative estimate of drug-likeness (QED) is 0.720. The Morgan fingerprint density at radius 3 is 2.33 bits per heavy atom. The van der Waals surface area contributed by atoms with Crippen molar-refractivity contribution in [2.24, 2.45) is 0 Å². The van der Waals surface area contributed by atoms with Crippen LogP contribution in [0.5, 0.6) is 0 Å². The van der Waals surface area contributed by atoms with E-state index < -0.39 is 5.97 Å². The molecule has 0 saturated heterocycles. The molecule has 0 radical (unpaired) electrons. The molecule has 0 aliphatic carbocycles. The predicted octanol–water partition coefficient (Wildman–Crippen LogP) is 0.566. The lowest BCUT2D eigenvalue weighted by Crippen LogP contribution is -2.33. The van der Waals surface area contributed by atoms with Crippen molar-refractivity contribution in [3.05, 3.63) is 49.1 Å². The van der Waals surface area contributed by atoms with Crippen molar-refractivity contribution < 1.29 is 14.5 Å². The highest BCUT2D eigenvalue weighted by molar-refractivity contribution is 5.64. The average Bonchev–Trinajstić information content (AvgIpc) is 2.40. The Bertz CT molecular complexity index is 509. The van der Waals surface area contributed by atoms with Gasteiger partial charge in [0.15, 0.2) is 12.4 Å². The zero-order valence-corrected chi connectivity index (χ0v) is 9.95. The largest absolute Gasteiger partial charge is 0.550 e. The topological polar surface area (TPSA) is 56.9 Å². The number of hydrogen-bond donors (Lipinski definition) is 0. The number of aryl methyl sites for hydroxylation is 1. The number of carboxylic acid groups (broad SMARTS) is 1. The summed E-state index contributed by atoms with van der Waals surface area (Å²) < 4.78 is 1.97. The first-order chi connectivity index (χ1) is 8.75. The molecule has 0 spiro atoms. The molecule has 2 heterocycles. The third kappa shape index (κ3) is 3.38. The lowest BCUT2D eigenvalue weighted by atomic mass is 10.1. The third-order valence-corrected chi connectivity index (χ3v) is 2.70. The standard InChI is InChI=1S/C14H14N2O2/c17-14(18)2-1-9-16-10-5-13(6-11-16)12-3-7-15-8-4-12/h3-8,10-11H,1-2,9H2. The summed E-state index contributed by atoms with van der Waals surface area (Å²) in [6.45, 7) is 0.685. The molecule has 0 aliphatic rings. The first kappa shape index (κ1) is 12.2. The molecule has 18 heavy (non-hydrogen) atoms. The van der Waals surface area contributed by atoms with Gasteiger partial charge in [-0.3, -0.25) is 4.98 Å². The van der Waals surface area contributed by atoms with Crippen LogP contribution < -0.4 is 9.67 Å². The van der Waals surface area contributed by atoms with Crippen LogP contribution in [0.1, 0.15) is 12.8 Å². The van der Waals surface area contributed by atoms with Crippen LogP contribution in [-0.2, 0) is 11.3 Å². The fourth-order valence-electron chi connectivity index (χ4n) is 1.75. The van der Waals surface area contributed by atoms with E-state index >= 15 is 0 Å². The van der Waals surface area contributed by atoms with Crippen LogP contribution >= 0.6 is 0 Å². The van der Waals surface area contributed by atoms with Gasteiger partial charge < -0.3 is 9.90 Å². The van der Waals surface area contributed by atoms with Gasteiger partial charge in [0.05, 0.1) is 0 Å². The van der Waals surface area contributed by atoms with Gasteiger partial charge in [-0.05, 0) is 29.7 Å². The molecule has 0 fully saturated rings. The van der Waals surface area contributed by atoms with E-state index in [0.29, 0.717) is 13.0 Å². The van der Waals surface area contributed by atoms with Gasteiger partial charge in [-0.25, -0.2) is 4.57 Å². The monoisotopic (exact) mass is 242 g/mol. The predicted molar refractivity (Wildman–Crippen MR) is 64.1 cm³/mol. The molecule has 92 valence electrons. The van der Waals surface area contributed by atoms with Crippen LogP contribution in [-0.4, -0.2) is 11.0 Å². The number of carbonyl (C=O) groups excluding carboxylic acids is 1. The molecule has 4 nitrogen and oxygen atoms in total. The summed E-state index contributed by atoms with van der Waals surface area (Å²) in [4.78, 5) is 14.3. The first-order valence-corrected chi connectivity index (χ1v) is 5.85. The highest BCUT2D eigenvalue weighted by atomic mass is 16.4. The maximum Gasteiger partial charge on any atom is 0.169 e. The van der Waals surface area contributed by atoms with E-state index in [1.165, 1.54) is 0 Å². The van der Waals surface area contributed by atoms with Gasteiger partial charge in [-0.2, -0.15) is 0 Å². The third-order valence-electron chi connectivity index (χ3n) is 2.70. The van der Waals surface area contributed by atoms with E-state index in [1.807, 2.05) is 41.2 Å². The van der Waals surface area contributed by atoms with Crippen LogP contribution in [0.15, 0.2) is 49.1 Å². The molecule has 0 saturated carbocycles. The maximum absolute atomic E-state index is 10.3. The summed E-state index contributed by atoms with van der Waals surface area (Å²) in [5.41, 5.74) is 2.24. The molecule has 0 N–H and O–H groups in total. The van der Waals surface area contributed by atoms with E-state index in [2.05, 4.69) is 4.98 Å². The molecule has 2 aromatic rings. The second kappa shape index (κ2) is 5.91. The van der Waals surface area contributed by atoms with Crippen LogP contribution in [0.4, 0.5) is 0 Å². The molecule has 0 bridgehead atoms. The molecular weight excluding hydrogens is 228 g/mol. The molecule has 0 aromatic carbocycles. The fraction of sp³-hybridized carbons (Fsp3) is 0.214. The summed E-state index contributed by atoms with van der Waals surface area (Å²) in [5, 5.41) is 10.3. The highest BCUT2D eigenvalue weighted by Gasteiger charge is 2.02. The van der Waals surface area contributed by atoms with E-state index in [4.69, 9.17) is 0 Å². The van der Waals surface area contributed by atoms with Crippen molar-refractivity contribution in [3.63, 3.8) is 0 Å². The average molecular weight is 242 g/mol. The first-order valence-electron chi connectivity index (χ1n) is 5.85. The van der Waals surface area contributed by atoms with E-state index in [-0.39, 0.29) is 6.42 Å². The smallest absolute Gasteiger partial charge is 0.169 e. The van der Waals surface area contributed by atoms with Crippen LogP contribution in [0.3, 0.4) is 0 Å². The number of aliphatic carboxylic acids is 1. The fourth-order valence-corrected chi connectivity index (χ4v) is 1.75. The lowest BCUT2D eigenvalue weighted by Gasteiger charge is -2.01. The van der Waals surface area contributed by atoms with Gasteiger partial charge in [-0.1, -0.05) is 0 Å². The molecule has 0 aliphatic heterocycles. The summed E-state index contributed by atoms with van der Waals surface area (Å²) in [7, 11) is 0. The van der Waals surface area contributed by atoms with Crippen molar-refractivity contribution >= 4 is 5.97 Å². The van der Waals surface area contributed by atoms with Crippen molar-refractivity contribution in [1.82, 2.24) is 4.98 Å². The molecule has 2 rings (SSSR count). The minimum atomic E-state index is -0.996. The summed E-state index contributed by atoms with van der Waals surface area (Å²) in [5.74, 6) is -0.996. The summed E-state index contributed by atoms with van der Waals surface area (Å²) in [6, 6.07) is 7.92. The molecule has 4 heteroatoms. The molecule has 2 aromatic heterocycles. The Balaban J connectivity index is 2.00. The van der Waals surface area contributed by atoms with E-state index in [1.54, 1.807) is 12.4 Å². The number of aromatic nitrogens is 2. The second-order valence-electron chi connectivity index (χ2n) is 4.04. The lowest BCUT2D eigenvalue weighted by molar-refractivity contribution is -0.697. The zero-order valence-electron chi connectivity index (χ0n) is 9.95. The van der Waals surface area contributed by atoms with Gasteiger partial charge in [0.2, 0.25) is 0 Å². The number of carboxylic acids is 1. The van der Waals surface area contributed by atoms with Gasteiger partial charge >= 0.3 is 0 Å². The Morgan fingerprint density at radius 1 is 1.11 bits per heavy atom. The van der Waals surface area contributed by atoms with E-state index in [0.717, 1.165) is 11.1 Å². The Kier molecular flexibility index (Phi) is 4.02. The minimum absolute atomic E-state index is 0.0963. The highest BCUT2D eigenvalue weighted by Crippen LogP contribution is 2.15. The zero-order chi connectivity index (χ0) is 12.8. The maximum atomic E-state index is 10.3. The normalized spacial score (nSPS) is 10.2. The molecule has 0 amide bonds. The summed E-state index contributed by atoms with van der Waals surface area (Å²) in [6.07, 6.45) is 8.10. The van der Waals surface area contributed by atoms with Crippen LogP contribution in [0.25, 0.3) is 11.1 Å². The second-order valence-corrected chi connectivity index (χ2v) is 4.04. The number of pyridine rings is 2. The number of nitrogens with zero attached hydrogens (tertiary/aromatic N) is 2. The van der Waals surface area contributed by atoms with Crippen LogP contribution in [0, 0.1) is 0 Å². The minimum Gasteiger partial charge on any atom is -0.550 e. The number of rotatable bonds is 5. The molecular formula is C14H14N2O2.